The number of benzene rings is 2. The van der Waals surface area contributed by atoms with Gasteiger partial charge in [0.2, 0.25) is 0 Å². The number of anilines is 1. The zero-order valence-electron chi connectivity index (χ0n) is 12.8. The number of carbonyl (C=O) groups is 2. The third kappa shape index (κ3) is 2.44. The number of aromatic hydroxyl groups is 1. The Hall–Kier alpha value is -3.09. The molecule has 1 aliphatic heterocycles. The number of methoxy groups -OCH3 is 1. The second-order valence-corrected chi connectivity index (χ2v) is 5.44. The highest BCUT2D eigenvalue weighted by Gasteiger charge is 2.40. The first-order chi connectivity index (χ1) is 11.4. The maximum atomic E-state index is 13.6. The van der Waals surface area contributed by atoms with E-state index >= 15 is 0 Å². The molecule has 0 aliphatic carbocycles. The summed E-state index contributed by atoms with van der Waals surface area (Å²) >= 11 is 0. The van der Waals surface area contributed by atoms with Gasteiger partial charge in [-0.15, -0.1) is 0 Å². The number of phenolic OH excluding ortho intramolecular Hbond substituents is 1. The normalized spacial score (nSPS) is 14.4. The Labute approximate surface area is 137 Å². The van der Waals surface area contributed by atoms with Crippen LogP contribution in [-0.4, -0.2) is 29.0 Å². The number of phenols is 1. The first-order valence-electron chi connectivity index (χ1n) is 7.18. The monoisotopic (exact) mass is 330 g/mol. The minimum Gasteiger partial charge on any atom is -0.508 e. The van der Waals surface area contributed by atoms with Crippen LogP contribution < -0.4 is 5.73 Å². The highest BCUT2D eigenvalue weighted by Crippen LogP contribution is 2.37. The molecule has 24 heavy (non-hydrogen) atoms. The van der Waals surface area contributed by atoms with Gasteiger partial charge in [-0.1, -0.05) is 12.1 Å². The van der Waals surface area contributed by atoms with Crippen molar-refractivity contribution in [3.8, 4) is 5.75 Å². The van der Waals surface area contributed by atoms with Crippen LogP contribution in [0.15, 0.2) is 36.4 Å². The van der Waals surface area contributed by atoms with Crippen LogP contribution in [0.25, 0.3) is 0 Å². The number of amides is 1. The molecule has 1 heterocycles. The van der Waals surface area contributed by atoms with E-state index in [2.05, 4.69) is 0 Å². The molecule has 1 atom stereocenters. The van der Waals surface area contributed by atoms with Crippen molar-refractivity contribution in [3.05, 3.63) is 58.9 Å². The topological polar surface area (TPSA) is 92.9 Å². The standard InChI is InChI=1S/C17H15FN2O4/c1-24-17(23)15(11-7-10(18)5-6-13(11)21)20-8-9-3-2-4-12(19)14(9)16(20)22/h2-7,15,21H,8,19H2,1H3. The lowest BCUT2D eigenvalue weighted by atomic mass is 10.0. The van der Waals surface area contributed by atoms with E-state index in [-0.39, 0.29) is 17.9 Å². The van der Waals surface area contributed by atoms with Gasteiger partial charge in [-0.2, -0.15) is 0 Å². The molecule has 0 saturated heterocycles. The molecule has 0 saturated carbocycles. The largest absolute Gasteiger partial charge is 0.508 e. The fraction of sp³-hybridized carbons (Fsp3) is 0.176. The van der Waals surface area contributed by atoms with E-state index in [0.717, 1.165) is 25.3 Å². The maximum absolute atomic E-state index is 13.6. The molecule has 0 fully saturated rings. The van der Waals surface area contributed by atoms with E-state index in [1.54, 1.807) is 18.2 Å². The molecular formula is C17H15FN2O4. The lowest BCUT2D eigenvalue weighted by Gasteiger charge is -2.26. The molecule has 1 amide bonds. The number of fused-ring (bicyclic) bond motifs is 1. The first-order valence-corrected chi connectivity index (χ1v) is 7.18. The van der Waals surface area contributed by atoms with Crippen molar-refractivity contribution in [2.75, 3.05) is 12.8 Å². The molecule has 2 aromatic rings. The number of carbonyl (C=O) groups excluding carboxylic acids is 2. The minimum absolute atomic E-state index is 0.0402. The zero-order chi connectivity index (χ0) is 17.4. The SMILES string of the molecule is COC(=O)C(c1cc(F)ccc1O)N1Cc2cccc(N)c2C1=O. The first kappa shape index (κ1) is 15.8. The van der Waals surface area contributed by atoms with Gasteiger partial charge in [-0.3, -0.25) is 4.79 Å². The quantitative estimate of drug-likeness (QED) is 0.663. The second kappa shape index (κ2) is 5.84. The van der Waals surface area contributed by atoms with Crippen LogP contribution in [0.4, 0.5) is 10.1 Å². The number of esters is 1. The van der Waals surface area contributed by atoms with Crippen LogP contribution in [0.2, 0.25) is 0 Å². The Morgan fingerprint density at radius 3 is 2.79 bits per heavy atom. The molecule has 7 heteroatoms. The summed E-state index contributed by atoms with van der Waals surface area (Å²) in [6.07, 6.45) is 0. The summed E-state index contributed by atoms with van der Waals surface area (Å²) < 4.78 is 18.4. The third-order valence-corrected chi connectivity index (χ3v) is 4.02. The highest BCUT2D eigenvalue weighted by molar-refractivity contribution is 6.04. The van der Waals surface area contributed by atoms with Crippen LogP contribution in [0.3, 0.4) is 0 Å². The number of nitrogens with zero attached hydrogens (tertiary/aromatic N) is 1. The Balaban J connectivity index is 2.09. The lowest BCUT2D eigenvalue weighted by Crippen LogP contribution is -2.35. The van der Waals surface area contributed by atoms with E-state index in [1.165, 1.54) is 4.90 Å². The van der Waals surface area contributed by atoms with E-state index in [0.29, 0.717) is 16.8 Å². The van der Waals surface area contributed by atoms with E-state index < -0.39 is 23.7 Å². The van der Waals surface area contributed by atoms with Crippen LogP contribution in [0, 0.1) is 5.82 Å². The van der Waals surface area contributed by atoms with Gasteiger partial charge in [0, 0.05) is 17.8 Å². The smallest absolute Gasteiger partial charge is 0.333 e. The molecule has 3 N–H and O–H groups in total. The number of hydrogen-bond acceptors (Lipinski definition) is 5. The molecule has 3 rings (SSSR count). The van der Waals surface area contributed by atoms with Crippen molar-refractivity contribution in [2.45, 2.75) is 12.6 Å². The van der Waals surface area contributed by atoms with Gasteiger partial charge >= 0.3 is 5.97 Å². The highest BCUT2D eigenvalue weighted by atomic mass is 19.1. The summed E-state index contributed by atoms with van der Waals surface area (Å²) in [6, 6.07) is 6.95. The van der Waals surface area contributed by atoms with Crippen molar-refractivity contribution in [2.24, 2.45) is 0 Å². The fourth-order valence-electron chi connectivity index (χ4n) is 2.90. The fourth-order valence-corrected chi connectivity index (χ4v) is 2.90. The van der Waals surface area contributed by atoms with Gasteiger partial charge in [-0.05, 0) is 29.8 Å². The molecule has 1 unspecified atom stereocenters. The Morgan fingerprint density at radius 1 is 1.38 bits per heavy atom. The maximum Gasteiger partial charge on any atom is 0.333 e. The van der Waals surface area contributed by atoms with E-state index in [9.17, 15) is 19.1 Å². The molecule has 124 valence electrons. The molecule has 0 radical (unpaired) electrons. The molecule has 1 aliphatic rings. The summed E-state index contributed by atoms with van der Waals surface area (Å²) in [7, 11) is 1.16. The van der Waals surface area contributed by atoms with E-state index in [4.69, 9.17) is 10.5 Å². The number of rotatable bonds is 3. The van der Waals surface area contributed by atoms with Gasteiger partial charge in [-0.25, -0.2) is 9.18 Å². The zero-order valence-corrected chi connectivity index (χ0v) is 12.8. The van der Waals surface area contributed by atoms with Gasteiger partial charge in [0.25, 0.3) is 5.91 Å². The summed E-state index contributed by atoms with van der Waals surface area (Å²) in [5.41, 5.74) is 7.08. The van der Waals surface area contributed by atoms with Crippen molar-refractivity contribution < 1.29 is 23.8 Å². The predicted octanol–water partition coefficient (Wildman–Crippen LogP) is 1.98. The molecule has 6 nitrogen and oxygen atoms in total. The molecule has 0 aromatic heterocycles. The van der Waals surface area contributed by atoms with Crippen molar-refractivity contribution in [3.63, 3.8) is 0 Å². The van der Waals surface area contributed by atoms with Gasteiger partial charge < -0.3 is 20.5 Å². The van der Waals surface area contributed by atoms with E-state index in [1.807, 2.05) is 0 Å². The van der Waals surface area contributed by atoms with Crippen molar-refractivity contribution >= 4 is 17.6 Å². The van der Waals surface area contributed by atoms with Gasteiger partial charge in [0.1, 0.15) is 11.6 Å². The van der Waals surface area contributed by atoms with Crippen LogP contribution >= 0.6 is 0 Å². The Kier molecular flexibility index (Phi) is 3.84. The number of halogens is 1. The Morgan fingerprint density at radius 2 is 2.12 bits per heavy atom. The Bertz CT molecular complexity index is 837. The molecule has 0 bridgehead atoms. The lowest BCUT2D eigenvalue weighted by molar-refractivity contribution is -0.146. The van der Waals surface area contributed by atoms with Crippen LogP contribution in [-0.2, 0) is 16.1 Å². The molecule has 2 aromatic carbocycles. The summed E-state index contributed by atoms with van der Waals surface area (Å²) in [5.74, 6) is -2.19. The predicted molar refractivity (Wildman–Crippen MR) is 83.5 cm³/mol. The van der Waals surface area contributed by atoms with Crippen molar-refractivity contribution in [1.29, 1.82) is 0 Å². The van der Waals surface area contributed by atoms with Crippen LogP contribution in [0.5, 0.6) is 5.75 Å². The van der Waals surface area contributed by atoms with Gasteiger partial charge in [0.05, 0.1) is 12.7 Å². The summed E-state index contributed by atoms with van der Waals surface area (Å²) in [6.45, 7) is 0.106. The number of hydrogen-bond donors (Lipinski definition) is 2. The summed E-state index contributed by atoms with van der Waals surface area (Å²) in [4.78, 5) is 26.2. The van der Waals surface area contributed by atoms with Crippen molar-refractivity contribution in [1.82, 2.24) is 4.90 Å². The average molecular weight is 330 g/mol. The average Bonchev–Trinajstić information content (AvgIpc) is 2.89. The van der Waals surface area contributed by atoms with Crippen LogP contribution in [0.1, 0.15) is 27.5 Å². The number of nitrogens with two attached hydrogens (primary N) is 1. The second-order valence-electron chi connectivity index (χ2n) is 5.44. The third-order valence-electron chi connectivity index (χ3n) is 4.02. The number of nitrogen functional groups attached to an aromatic ring is 1. The number of ether oxygens (including phenoxy) is 1. The minimum atomic E-state index is -1.27. The molecular weight excluding hydrogens is 315 g/mol. The molecule has 0 spiro atoms. The summed E-state index contributed by atoms with van der Waals surface area (Å²) in [5, 5.41) is 10.0. The van der Waals surface area contributed by atoms with Gasteiger partial charge in [0.15, 0.2) is 6.04 Å².